The Balaban J connectivity index is 1.33. The van der Waals surface area contributed by atoms with Crippen molar-refractivity contribution in [3.8, 4) is 11.1 Å². The van der Waals surface area contributed by atoms with Crippen LogP contribution in [0.25, 0.3) is 11.1 Å². The van der Waals surface area contributed by atoms with Crippen molar-refractivity contribution in [1.29, 1.82) is 0 Å². The predicted octanol–water partition coefficient (Wildman–Crippen LogP) is 3.83. The number of amides is 2. The largest absolute Gasteiger partial charge is 0.480 e. The summed E-state index contributed by atoms with van der Waals surface area (Å²) >= 11 is 0. The van der Waals surface area contributed by atoms with Gasteiger partial charge < -0.3 is 25.2 Å². The van der Waals surface area contributed by atoms with Crippen molar-refractivity contribution >= 4 is 18.0 Å². The quantitative estimate of drug-likeness (QED) is 0.476. The molecule has 2 aromatic carbocycles. The van der Waals surface area contributed by atoms with Crippen LogP contribution < -0.4 is 10.6 Å². The molecular weight excluding hydrogens is 448 g/mol. The van der Waals surface area contributed by atoms with E-state index in [1.807, 2.05) is 24.3 Å². The summed E-state index contributed by atoms with van der Waals surface area (Å²) in [6, 6.07) is 15.1. The number of carbonyl (C=O) groups is 3. The maximum atomic E-state index is 12.6. The second kappa shape index (κ2) is 9.70. The fourth-order valence-electron chi connectivity index (χ4n) is 4.68. The molecule has 1 saturated carbocycles. The summed E-state index contributed by atoms with van der Waals surface area (Å²) in [4.78, 5) is 36.9. The SMILES string of the molecule is COC(C)(C)CC(NC(=O)CC1(NC(=O)OCC2c3ccccc3-c3ccccc32)CC1)C(=O)O. The number of carboxylic acids is 1. The van der Waals surface area contributed by atoms with Crippen molar-refractivity contribution in [3.05, 3.63) is 59.7 Å². The molecule has 0 aliphatic heterocycles. The van der Waals surface area contributed by atoms with E-state index in [9.17, 15) is 19.5 Å². The molecule has 0 aromatic heterocycles. The number of hydrogen-bond acceptors (Lipinski definition) is 5. The Hall–Kier alpha value is -3.39. The van der Waals surface area contributed by atoms with Gasteiger partial charge in [0.15, 0.2) is 0 Å². The molecule has 35 heavy (non-hydrogen) atoms. The number of aliphatic carboxylic acids is 1. The molecule has 0 bridgehead atoms. The first kappa shape index (κ1) is 24.7. The zero-order chi connectivity index (χ0) is 25.2. The lowest BCUT2D eigenvalue weighted by Crippen LogP contribution is -2.48. The van der Waals surface area contributed by atoms with Crippen LogP contribution in [0.2, 0.25) is 0 Å². The number of hydrogen-bond donors (Lipinski definition) is 3. The topological polar surface area (TPSA) is 114 Å². The highest BCUT2D eigenvalue weighted by Crippen LogP contribution is 2.44. The predicted molar refractivity (Wildman–Crippen MR) is 130 cm³/mol. The van der Waals surface area contributed by atoms with Gasteiger partial charge in [-0.25, -0.2) is 9.59 Å². The minimum absolute atomic E-state index is 0.00557. The van der Waals surface area contributed by atoms with Gasteiger partial charge in [-0.2, -0.15) is 0 Å². The van der Waals surface area contributed by atoms with E-state index in [0.29, 0.717) is 12.8 Å². The van der Waals surface area contributed by atoms with Gasteiger partial charge in [-0.3, -0.25) is 4.79 Å². The Morgan fingerprint density at radius 1 is 1.06 bits per heavy atom. The van der Waals surface area contributed by atoms with Crippen molar-refractivity contribution < 1.29 is 29.0 Å². The van der Waals surface area contributed by atoms with E-state index in [4.69, 9.17) is 9.47 Å². The smallest absolute Gasteiger partial charge is 0.407 e. The molecule has 8 heteroatoms. The lowest BCUT2D eigenvalue weighted by Gasteiger charge is -2.27. The monoisotopic (exact) mass is 480 g/mol. The molecule has 2 aliphatic carbocycles. The molecule has 8 nitrogen and oxygen atoms in total. The number of rotatable bonds is 10. The second-order valence-electron chi connectivity index (χ2n) is 10.0. The Kier molecular flexibility index (Phi) is 6.85. The summed E-state index contributed by atoms with van der Waals surface area (Å²) in [6.45, 7) is 3.71. The molecule has 1 unspecified atom stereocenters. The van der Waals surface area contributed by atoms with Crippen molar-refractivity contribution in [2.45, 2.75) is 62.6 Å². The van der Waals surface area contributed by atoms with Gasteiger partial charge >= 0.3 is 12.1 Å². The van der Waals surface area contributed by atoms with Crippen LogP contribution in [-0.2, 0) is 19.1 Å². The molecule has 0 spiro atoms. The first-order valence-corrected chi connectivity index (χ1v) is 11.8. The number of benzene rings is 2. The van der Waals surface area contributed by atoms with E-state index in [0.717, 1.165) is 22.3 Å². The third-order valence-electron chi connectivity index (χ3n) is 6.95. The van der Waals surface area contributed by atoms with Crippen molar-refractivity contribution in [2.24, 2.45) is 0 Å². The Bertz CT molecular complexity index is 1080. The summed E-state index contributed by atoms with van der Waals surface area (Å²) < 4.78 is 10.9. The van der Waals surface area contributed by atoms with Crippen molar-refractivity contribution in [2.75, 3.05) is 13.7 Å². The molecule has 0 radical (unpaired) electrons. The van der Waals surface area contributed by atoms with Crippen molar-refractivity contribution in [3.63, 3.8) is 0 Å². The number of methoxy groups -OCH3 is 1. The van der Waals surface area contributed by atoms with Gasteiger partial charge in [0.1, 0.15) is 12.6 Å². The summed E-state index contributed by atoms with van der Waals surface area (Å²) in [7, 11) is 1.50. The van der Waals surface area contributed by atoms with Crippen LogP contribution in [0.5, 0.6) is 0 Å². The van der Waals surface area contributed by atoms with Gasteiger partial charge in [0, 0.05) is 25.9 Å². The number of alkyl carbamates (subject to hydrolysis) is 1. The molecule has 4 rings (SSSR count). The fourth-order valence-corrected chi connectivity index (χ4v) is 4.68. The third kappa shape index (κ3) is 5.65. The average Bonchev–Trinajstić information content (AvgIpc) is 3.48. The Morgan fingerprint density at radius 3 is 2.14 bits per heavy atom. The molecule has 2 aliphatic rings. The van der Waals surface area contributed by atoms with Gasteiger partial charge in [-0.05, 0) is 48.9 Å². The first-order chi connectivity index (χ1) is 16.6. The average molecular weight is 481 g/mol. The molecule has 0 saturated heterocycles. The lowest BCUT2D eigenvalue weighted by atomic mass is 9.98. The van der Waals surface area contributed by atoms with Crippen LogP contribution in [0.15, 0.2) is 48.5 Å². The molecule has 3 N–H and O–H groups in total. The van der Waals surface area contributed by atoms with Crippen LogP contribution >= 0.6 is 0 Å². The van der Waals surface area contributed by atoms with E-state index in [-0.39, 0.29) is 25.4 Å². The molecule has 2 aromatic rings. The zero-order valence-corrected chi connectivity index (χ0v) is 20.3. The first-order valence-electron chi connectivity index (χ1n) is 11.8. The molecule has 186 valence electrons. The standard InChI is InChI=1S/C27H32N2O6/c1-26(2,34-3)14-22(24(31)32)28-23(30)15-27(12-13-27)29-25(33)35-16-21-19-10-6-4-8-17(19)18-9-5-7-11-20(18)21/h4-11,21-22H,12-16H2,1-3H3,(H,28,30)(H,29,33)(H,31,32). The van der Waals surface area contributed by atoms with Crippen LogP contribution in [0.4, 0.5) is 4.79 Å². The van der Waals surface area contributed by atoms with Crippen LogP contribution in [0, 0.1) is 0 Å². The van der Waals surface area contributed by atoms with Crippen LogP contribution in [0.1, 0.15) is 56.6 Å². The summed E-state index contributed by atoms with van der Waals surface area (Å²) in [5.74, 6) is -1.61. The normalized spacial score (nSPS) is 16.5. The Labute approximate surface area is 205 Å². The second-order valence-corrected chi connectivity index (χ2v) is 10.0. The molecule has 0 heterocycles. The third-order valence-corrected chi connectivity index (χ3v) is 6.95. The van der Waals surface area contributed by atoms with Gasteiger partial charge in [-0.15, -0.1) is 0 Å². The molecule has 2 amide bonds. The fraction of sp³-hybridized carbons (Fsp3) is 0.444. The number of nitrogens with one attached hydrogen (secondary N) is 2. The van der Waals surface area contributed by atoms with E-state index in [1.54, 1.807) is 13.8 Å². The maximum Gasteiger partial charge on any atom is 0.407 e. The minimum atomic E-state index is -1.13. The van der Waals surface area contributed by atoms with E-state index in [2.05, 4.69) is 34.9 Å². The van der Waals surface area contributed by atoms with E-state index >= 15 is 0 Å². The molecule has 1 atom stereocenters. The Morgan fingerprint density at radius 2 is 1.63 bits per heavy atom. The van der Waals surface area contributed by atoms with Crippen LogP contribution in [0.3, 0.4) is 0 Å². The van der Waals surface area contributed by atoms with E-state index in [1.165, 1.54) is 7.11 Å². The zero-order valence-electron chi connectivity index (χ0n) is 20.3. The van der Waals surface area contributed by atoms with Gasteiger partial charge in [0.2, 0.25) is 5.91 Å². The summed E-state index contributed by atoms with van der Waals surface area (Å²) in [5.41, 5.74) is 3.15. The number of carboxylic acid groups (broad SMARTS) is 1. The molecular formula is C27H32N2O6. The number of carbonyl (C=O) groups excluding carboxylic acids is 2. The van der Waals surface area contributed by atoms with Crippen molar-refractivity contribution in [1.82, 2.24) is 10.6 Å². The minimum Gasteiger partial charge on any atom is -0.480 e. The summed E-state index contributed by atoms with van der Waals surface area (Å²) in [5, 5.41) is 14.9. The summed E-state index contributed by atoms with van der Waals surface area (Å²) in [6.07, 6.45) is 0.802. The highest BCUT2D eigenvalue weighted by atomic mass is 16.5. The number of fused-ring (bicyclic) bond motifs is 3. The van der Waals surface area contributed by atoms with Gasteiger partial charge in [-0.1, -0.05) is 48.5 Å². The maximum absolute atomic E-state index is 12.6. The van der Waals surface area contributed by atoms with Gasteiger partial charge in [0.25, 0.3) is 0 Å². The highest BCUT2D eigenvalue weighted by molar-refractivity contribution is 5.85. The van der Waals surface area contributed by atoms with Gasteiger partial charge in [0.05, 0.1) is 11.1 Å². The number of ether oxygens (including phenoxy) is 2. The molecule has 1 fully saturated rings. The van der Waals surface area contributed by atoms with E-state index < -0.39 is 35.2 Å². The highest BCUT2D eigenvalue weighted by Gasteiger charge is 2.47. The lowest BCUT2D eigenvalue weighted by molar-refractivity contribution is -0.144. The van der Waals surface area contributed by atoms with Crippen LogP contribution in [-0.4, -0.2) is 54.0 Å².